The Morgan fingerprint density at radius 2 is 1.85 bits per heavy atom. The van der Waals surface area contributed by atoms with Crippen LogP contribution in [0.25, 0.3) is 0 Å². The van der Waals surface area contributed by atoms with Gasteiger partial charge in [-0.3, -0.25) is 9.59 Å². The van der Waals surface area contributed by atoms with Crippen LogP contribution >= 0.6 is 0 Å². The lowest BCUT2D eigenvalue weighted by Crippen LogP contribution is -2.29. The summed E-state index contributed by atoms with van der Waals surface area (Å²) in [4.78, 5) is 25.0. The summed E-state index contributed by atoms with van der Waals surface area (Å²) >= 11 is 0. The molecule has 0 bridgehead atoms. The summed E-state index contributed by atoms with van der Waals surface area (Å²) in [5.41, 5.74) is 3.85. The molecule has 1 N–H and O–H groups in total. The van der Waals surface area contributed by atoms with E-state index in [9.17, 15) is 9.59 Å². The van der Waals surface area contributed by atoms with E-state index in [1.807, 2.05) is 30.3 Å². The first-order valence-corrected chi connectivity index (χ1v) is 6.56. The number of anilines is 1. The maximum Gasteiger partial charge on any atom is 0.242 e. The molecule has 0 aliphatic heterocycles. The number of para-hydroxylation sites is 1. The van der Waals surface area contributed by atoms with Crippen molar-refractivity contribution in [1.82, 2.24) is 5.43 Å². The fourth-order valence-electron chi connectivity index (χ4n) is 1.45. The minimum absolute atomic E-state index is 0.0729. The van der Waals surface area contributed by atoms with Crippen LogP contribution in [0.5, 0.6) is 0 Å². The van der Waals surface area contributed by atoms with Crippen LogP contribution < -0.4 is 10.3 Å². The van der Waals surface area contributed by atoms with E-state index < -0.39 is 0 Å². The maximum absolute atomic E-state index is 12.1. The Kier molecular flexibility index (Phi) is 5.90. The minimum Gasteiger partial charge on any atom is -0.315 e. The fourth-order valence-corrected chi connectivity index (χ4v) is 1.45. The third-order valence-electron chi connectivity index (χ3n) is 2.81. The maximum atomic E-state index is 12.1. The van der Waals surface area contributed by atoms with Gasteiger partial charge in [-0.15, -0.1) is 0 Å². The van der Waals surface area contributed by atoms with Crippen LogP contribution in [0.2, 0.25) is 0 Å². The molecule has 0 heterocycles. The molecule has 0 radical (unpaired) electrons. The number of benzene rings is 1. The van der Waals surface area contributed by atoms with Crippen molar-refractivity contribution in [2.24, 2.45) is 11.0 Å². The molecule has 0 spiro atoms. The van der Waals surface area contributed by atoms with Gasteiger partial charge in [-0.05, 0) is 19.1 Å². The van der Waals surface area contributed by atoms with Gasteiger partial charge in [0.2, 0.25) is 11.8 Å². The second kappa shape index (κ2) is 7.43. The van der Waals surface area contributed by atoms with Crippen molar-refractivity contribution in [2.45, 2.75) is 27.2 Å². The van der Waals surface area contributed by atoms with Crippen molar-refractivity contribution in [2.75, 3.05) is 11.9 Å². The van der Waals surface area contributed by atoms with Gasteiger partial charge >= 0.3 is 0 Å². The number of hydrogen-bond donors (Lipinski definition) is 1. The van der Waals surface area contributed by atoms with Crippen molar-refractivity contribution in [3.8, 4) is 0 Å². The van der Waals surface area contributed by atoms with Gasteiger partial charge in [0.15, 0.2) is 0 Å². The highest BCUT2D eigenvalue weighted by Gasteiger charge is 2.12. The van der Waals surface area contributed by atoms with Gasteiger partial charge in [0, 0.05) is 24.4 Å². The lowest BCUT2D eigenvalue weighted by molar-refractivity contribution is -0.124. The number of hydrogen-bond acceptors (Lipinski definition) is 3. The predicted molar refractivity (Wildman–Crippen MR) is 80.6 cm³/mol. The lowest BCUT2D eigenvalue weighted by Gasteiger charge is -2.17. The summed E-state index contributed by atoms with van der Waals surface area (Å²) in [7, 11) is 1.72. The van der Waals surface area contributed by atoms with Crippen LogP contribution in [0.15, 0.2) is 35.4 Å². The molecule has 0 fully saturated rings. The van der Waals surface area contributed by atoms with Crippen molar-refractivity contribution < 1.29 is 9.59 Å². The number of rotatable bonds is 5. The average molecular weight is 275 g/mol. The Balaban J connectivity index is 2.57. The summed E-state index contributed by atoms with van der Waals surface area (Å²) in [6.07, 6.45) is 0.170. The number of amides is 2. The Bertz CT molecular complexity index is 495. The quantitative estimate of drug-likeness (QED) is 0.661. The standard InChI is InChI=1S/C15H21N3O2/c1-11(2)15(20)17-16-12(3)10-14(19)18(4)13-8-6-5-7-9-13/h5-9,11H,10H2,1-4H3,(H,17,20)/b16-12+. The van der Waals surface area contributed by atoms with Gasteiger partial charge in [0.25, 0.3) is 0 Å². The first kappa shape index (κ1) is 15.9. The molecule has 2 amide bonds. The van der Waals surface area contributed by atoms with Crippen LogP contribution in [0.4, 0.5) is 5.69 Å². The zero-order chi connectivity index (χ0) is 15.1. The monoisotopic (exact) mass is 275 g/mol. The van der Waals surface area contributed by atoms with Crippen LogP contribution in [0.3, 0.4) is 0 Å². The molecular weight excluding hydrogens is 254 g/mol. The molecule has 5 nitrogen and oxygen atoms in total. The topological polar surface area (TPSA) is 61.8 Å². The highest BCUT2D eigenvalue weighted by molar-refractivity contribution is 6.06. The van der Waals surface area contributed by atoms with Crippen LogP contribution in [-0.2, 0) is 9.59 Å². The number of nitrogens with zero attached hydrogens (tertiary/aromatic N) is 2. The molecule has 20 heavy (non-hydrogen) atoms. The van der Waals surface area contributed by atoms with E-state index in [1.54, 1.807) is 32.7 Å². The van der Waals surface area contributed by atoms with Gasteiger partial charge in [0.1, 0.15) is 0 Å². The molecule has 1 aromatic carbocycles. The smallest absolute Gasteiger partial charge is 0.242 e. The van der Waals surface area contributed by atoms with E-state index >= 15 is 0 Å². The van der Waals surface area contributed by atoms with Crippen molar-refractivity contribution in [3.63, 3.8) is 0 Å². The lowest BCUT2D eigenvalue weighted by atomic mass is 10.2. The van der Waals surface area contributed by atoms with Crippen molar-refractivity contribution in [3.05, 3.63) is 30.3 Å². The zero-order valence-electron chi connectivity index (χ0n) is 12.4. The molecule has 0 aliphatic carbocycles. The summed E-state index contributed by atoms with van der Waals surface area (Å²) in [6.45, 7) is 5.29. The van der Waals surface area contributed by atoms with Crippen molar-refractivity contribution in [1.29, 1.82) is 0 Å². The first-order valence-electron chi connectivity index (χ1n) is 6.56. The third kappa shape index (κ3) is 4.84. The Morgan fingerprint density at radius 1 is 1.25 bits per heavy atom. The molecule has 0 aromatic heterocycles. The van der Waals surface area contributed by atoms with E-state index in [-0.39, 0.29) is 24.2 Å². The molecule has 1 rings (SSSR count). The number of carbonyl (C=O) groups is 2. The minimum atomic E-state index is -0.159. The number of hydrazone groups is 1. The number of nitrogens with one attached hydrogen (secondary N) is 1. The zero-order valence-corrected chi connectivity index (χ0v) is 12.4. The molecule has 0 saturated carbocycles. The Labute approximate surface area is 119 Å². The normalized spacial score (nSPS) is 11.3. The molecule has 1 aromatic rings. The summed E-state index contributed by atoms with van der Waals surface area (Å²) in [5.74, 6) is -0.362. The fraction of sp³-hybridized carbons (Fsp3) is 0.400. The van der Waals surface area contributed by atoms with Gasteiger partial charge in [0.05, 0.1) is 6.42 Å². The molecule has 0 unspecified atom stereocenters. The Morgan fingerprint density at radius 3 is 2.40 bits per heavy atom. The molecule has 0 aliphatic rings. The van der Waals surface area contributed by atoms with E-state index in [4.69, 9.17) is 0 Å². The van der Waals surface area contributed by atoms with Crippen LogP contribution in [-0.4, -0.2) is 24.6 Å². The molecule has 0 saturated heterocycles. The second-order valence-corrected chi connectivity index (χ2v) is 4.94. The van der Waals surface area contributed by atoms with Gasteiger partial charge in [-0.1, -0.05) is 32.0 Å². The summed E-state index contributed by atoms with van der Waals surface area (Å²) in [5, 5.41) is 3.93. The van der Waals surface area contributed by atoms with E-state index in [0.717, 1.165) is 5.69 Å². The molecular formula is C15H21N3O2. The third-order valence-corrected chi connectivity index (χ3v) is 2.81. The highest BCUT2D eigenvalue weighted by Crippen LogP contribution is 2.12. The molecule has 5 heteroatoms. The van der Waals surface area contributed by atoms with Gasteiger partial charge in [-0.2, -0.15) is 5.10 Å². The highest BCUT2D eigenvalue weighted by atomic mass is 16.2. The van der Waals surface area contributed by atoms with Crippen molar-refractivity contribution >= 4 is 23.2 Å². The number of carbonyl (C=O) groups excluding carboxylic acids is 2. The average Bonchev–Trinajstić information content (AvgIpc) is 2.44. The first-order chi connectivity index (χ1) is 9.41. The van der Waals surface area contributed by atoms with Crippen LogP contribution in [0.1, 0.15) is 27.2 Å². The van der Waals surface area contributed by atoms with E-state index in [2.05, 4.69) is 10.5 Å². The van der Waals surface area contributed by atoms with Gasteiger partial charge in [-0.25, -0.2) is 5.43 Å². The van der Waals surface area contributed by atoms with Gasteiger partial charge < -0.3 is 4.90 Å². The largest absolute Gasteiger partial charge is 0.315 e. The predicted octanol–water partition coefficient (Wildman–Crippen LogP) is 2.19. The SMILES string of the molecule is C/C(CC(=O)N(C)c1ccccc1)=N\NC(=O)C(C)C. The molecule has 108 valence electrons. The second-order valence-electron chi connectivity index (χ2n) is 4.94. The van der Waals surface area contributed by atoms with E-state index in [0.29, 0.717) is 5.71 Å². The van der Waals surface area contributed by atoms with Crippen LogP contribution in [0, 0.1) is 5.92 Å². The summed E-state index contributed by atoms with van der Waals surface area (Å²) in [6, 6.07) is 9.39. The molecule has 0 atom stereocenters. The van der Waals surface area contributed by atoms with E-state index in [1.165, 1.54) is 0 Å². The Hall–Kier alpha value is -2.17. The summed E-state index contributed by atoms with van der Waals surface area (Å²) < 4.78 is 0.